The Morgan fingerprint density at radius 1 is 1.29 bits per heavy atom. The van der Waals surface area contributed by atoms with E-state index in [1.807, 2.05) is 6.07 Å². The molecule has 24 heavy (non-hydrogen) atoms. The van der Waals surface area contributed by atoms with Crippen LogP contribution in [0.25, 0.3) is 0 Å². The summed E-state index contributed by atoms with van der Waals surface area (Å²) in [5.74, 6) is -1.29. The summed E-state index contributed by atoms with van der Waals surface area (Å²) in [7, 11) is 3.51. The third kappa shape index (κ3) is 3.07. The van der Waals surface area contributed by atoms with Gasteiger partial charge in [0, 0.05) is 26.7 Å². The van der Waals surface area contributed by atoms with Gasteiger partial charge in [-0.05, 0) is 43.7 Å². The van der Waals surface area contributed by atoms with E-state index in [0.717, 1.165) is 18.5 Å². The summed E-state index contributed by atoms with van der Waals surface area (Å²) in [5, 5.41) is 6.95. The minimum atomic E-state index is -0.660. The van der Waals surface area contributed by atoms with Crippen molar-refractivity contribution in [2.75, 3.05) is 7.05 Å². The number of carbonyl (C=O) groups is 2. The number of nitrogens with one attached hydrogen (secondary N) is 1. The Bertz CT molecular complexity index is 674. The van der Waals surface area contributed by atoms with Crippen LogP contribution in [0, 0.1) is 0 Å². The van der Waals surface area contributed by atoms with Crippen LogP contribution in [0.15, 0.2) is 23.7 Å². The van der Waals surface area contributed by atoms with Crippen molar-refractivity contribution in [3.8, 4) is 0 Å². The van der Waals surface area contributed by atoms with Crippen molar-refractivity contribution in [2.24, 2.45) is 7.05 Å². The third-order valence-electron chi connectivity index (χ3n) is 5.06. The van der Waals surface area contributed by atoms with Crippen LogP contribution in [0.4, 0.5) is 4.39 Å². The fourth-order valence-corrected chi connectivity index (χ4v) is 3.68. The lowest BCUT2D eigenvalue weighted by Gasteiger charge is -2.39. The second kappa shape index (κ2) is 6.75. The zero-order chi connectivity index (χ0) is 17.3. The maximum atomic E-state index is 14.3. The van der Waals surface area contributed by atoms with Crippen molar-refractivity contribution in [1.29, 1.82) is 0 Å². The first-order valence-electron chi connectivity index (χ1n) is 8.41. The number of hydrogen-bond acceptors (Lipinski definition) is 3. The maximum Gasteiger partial charge on any atom is 0.280 e. The average molecular weight is 334 g/mol. The number of carbonyl (C=O) groups excluding carboxylic acids is 2. The Hall–Kier alpha value is -2.18. The molecule has 0 bridgehead atoms. The first kappa shape index (κ1) is 16.7. The van der Waals surface area contributed by atoms with Crippen LogP contribution in [-0.2, 0) is 16.6 Å². The molecule has 130 valence electrons. The quantitative estimate of drug-likeness (QED) is 0.860. The second-order valence-corrected chi connectivity index (χ2v) is 6.57. The molecular weight excluding hydrogens is 311 g/mol. The molecule has 1 N–H and O–H groups in total. The van der Waals surface area contributed by atoms with Crippen LogP contribution in [0.5, 0.6) is 0 Å². The number of allylic oxidation sites excluding steroid dienone is 1. The van der Waals surface area contributed by atoms with E-state index in [1.54, 1.807) is 29.9 Å². The van der Waals surface area contributed by atoms with E-state index in [0.29, 0.717) is 31.3 Å². The molecule has 1 saturated carbocycles. The van der Waals surface area contributed by atoms with Crippen molar-refractivity contribution >= 4 is 11.8 Å². The lowest BCUT2D eigenvalue weighted by Crippen LogP contribution is -2.51. The Morgan fingerprint density at radius 3 is 2.62 bits per heavy atom. The Labute approximate surface area is 140 Å². The number of aryl methyl sites for hydroxylation is 1. The van der Waals surface area contributed by atoms with E-state index in [2.05, 4.69) is 10.4 Å². The monoisotopic (exact) mass is 334 g/mol. The number of aromatic nitrogens is 2. The number of hydrogen-bond donors (Lipinski definition) is 1. The highest BCUT2D eigenvalue weighted by molar-refractivity contribution is 5.92. The van der Waals surface area contributed by atoms with Crippen LogP contribution in [0.1, 0.15) is 50.3 Å². The molecule has 7 heteroatoms. The summed E-state index contributed by atoms with van der Waals surface area (Å²) >= 11 is 0. The van der Waals surface area contributed by atoms with Crippen LogP contribution < -0.4 is 5.32 Å². The van der Waals surface area contributed by atoms with Crippen molar-refractivity contribution < 1.29 is 14.0 Å². The topological polar surface area (TPSA) is 67.2 Å². The summed E-state index contributed by atoms with van der Waals surface area (Å²) < 4.78 is 16.0. The summed E-state index contributed by atoms with van der Waals surface area (Å²) in [6.45, 7) is 0. The predicted octanol–water partition coefficient (Wildman–Crippen LogP) is 2.00. The number of likely N-dealkylation sites (N-methyl/N-ethyl adjacent to an activating group) is 1. The van der Waals surface area contributed by atoms with Crippen LogP contribution in [0.2, 0.25) is 0 Å². The average Bonchev–Trinajstić information content (AvgIpc) is 3.22. The highest BCUT2D eigenvalue weighted by Gasteiger charge is 2.37. The van der Waals surface area contributed by atoms with Gasteiger partial charge in [0.25, 0.3) is 5.91 Å². The fourth-order valence-electron chi connectivity index (χ4n) is 3.68. The summed E-state index contributed by atoms with van der Waals surface area (Å²) in [5.41, 5.74) is 1.44. The van der Waals surface area contributed by atoms with Gasteiger partial charge >= 0.3 is 0 Å². The molecule has 6 nitrogen and oxygen atoms in total. The lowest BCUT2D eigenvalue weighted by molar-refractivity contribution is -0.137. The third-order valence-corrected chi connectivity index (χ3v) is 5.06. The minimum absolute atomic E-state index is 0.0151. The number of piperidine rings is 1. The zero-order valence-electron chi connectivity index (χ0n) is 14.1. The Balaban J connectivity index is 1.82. The largest absolute Gasteiger partial charge is 0.345 e. The van der Waals surface area contributed by atoms with E-state index in [-0.39, 0.29) is 18.0 Å². The molecule has 0 radical (unpaired) electrons. The molecule has 1 aliphatic carbocycles. The molecule has 2 atom stereocenters. The van der Waals surface area contributed by atoms with Crippen LogP contribution in [0.3, 0.4) is 0 Å². The first-order chi connectivity index (χ1) is 11.5. The van der Waals surface area contributed by atoms with Gasteiger partial charge in [-0.2, -0.15) is 5.10 Å². The molecule has 0 spiro atoms. The molecule has 1 aromatic rings. The van der Waals surface area contributed by atoms with Gasteiger partial charge in [0.15, 0.2) is 5.83 Å². The van der Waals surface area contributed by atoms with Gasteiger partial charge in [-0.25, -0.2) is 4.39 Å². The normalized spacial score (nSPS) is 24.4. The zero-order valence-corrected chi connectivity index (χ0v) is 14.1. The molecule has 3 rings (SSSR count). The number of halogens is 1. The van der Waals surface area contributed by atoms with Gasteiger partial charge in [0.2, 0.25) is 5.91 Å². The van der Waals surface area contributed by atoms with Gasteiger partial charge < -0.3 is 10.2 Å². The van der Waals surface area contributed by atoms with Gasteiger partial charge in [0.05, 0.1) is 17.8 Å². The van der Waals surface area contributed by atoms with E-state index >= 15 is 0 Å². The predicted molar refractivity (Wildman–Crippen MR) is 86.5 cm³/mol. The Morgan fingerprint density at radius 2 is 2.00 bits per heavy atom. The molecule has 2 aliphatic rings. The van der Waals surface area contributed by atoms with Crippen LogP contribution >= 0.6 is 0 Å². The maximum absolute atomic E-state index is 14.3. The molecular formula is C17H23FN4O2. The number of rotatable bonds is 3. The van der Waals surface area contributed by atoms with Crippen molar-refractivity contribution in [2.45, 2.75) is 50.6 Å². The fraction of sp³-hybridized carbons (Fsp3) is 0.588. The van der Waals surface area contributed by atoms with Gasteiger partial charge in [0.1, 0.15) is 0 Å². The molecule has 0 aromatic carbocycles. The SMILES string of the molecule is CN1C(=O)CC[C@@H](NC(=O)C(F)=C2CCCC2)[C@@H]1c1ccnn1C. The molecule has 2 heterocycles. The number of amides is 2. The highest BCUT2D eigenvalue weighted by atomic mass is 19.1. The van der Waals surface area contributed by atoms with Crippen LogP contribution in [-0.4, -0.2) is 39.6 Å². The second-order valence-electron chi connectivity index (χ2n) is 6.57. The summed E-state index contributed by atoms with van der Waals surface area (Å²) in [6.07, 6.45) is 5.69. The number of likely N-dealkylation sites (tertiary alicyclic amines) is 1. The summed E-state index contributed by atoms with van der Waals surface area (Å²) in [4.78, 5) is 26.0. The Kier molecular flexibility index (Phi) is 4.69. The molecule has 1 saturated heterocycles. The highest BCUT2D eigenvalue weighted by Crippen LogP contribution is 2.32. The van der Waals surface area contributed by atoms with Crippen molar-refractivity contribution in [3.05, 3.63) is 29.4 Å². The van der Waals surface area contributed by atoms with E-state index in [9.17, 15) is 14.0 Å². The molecule has 0 unspecified atom stereocenters. The standard InChI is InChI=1S/C17H23FN4O2/c1-21-14(23)8-7-12(16(21)13-9-10-19-22(13)2)20-17(24)15(18)11-5-3-4-6-11/h9-10,12,16H,3-8H2,1-2H3,(H,20,24)/t12-,16-/m1/s1. The molecule has 1 aliphatic heterocycles. The lowest BCUT2D eigenvalue weighted by atomic mass is 9.93. The molecule has 2 amide bonds. The van der Waals surface area contributed by atoms with Crippen molar-refractivity contribution in [3.63, 3.8) is 0 Å². The first-order valence-corrected chi connectivity index (χ1v) is 8.41. The van der Waals surface area contributed by atoms with E-state index < -0.39 is 11.7 Å². The van der Waals surface area contributed by atoms with Gasteiger partial charge in [-0.1, -0.05) is 0 Å². The van der Waals surface area contributed by atoms with Gasteiger partial charge in [-0.3, -0.25) is 14.3 Å². The molecule has 1 aromatic heterocycles. The summed E-state index contributed by atoms with van der Waals surface area (Å²) in [6, 6.07) is 1.15. The minimum Gasteiger partial charge on any atom is -0.345 e. The van der Waals surface area contributed by atoms with E-state index in [1.165, 1.54) is 0 Å². The molecule has 2 fully saturated rings. The number of nitrogens with zero attached hydrogens (tertiary/aromatic N) is 3. The van der Waals surface area contributed by atoms with E-state index in [4.69, 9.17) is 0 Å². The van der Waals surface area contributed by atoms with Gasteiger partial charge in [-0.15, -0.1) is 0 Å². The van der Waals surface area contributed by atoms with Crippen molar-refractivity contribution in [1.82, 2.24) is 20.0 Å². The smallest absolute Gasteiger partial charge is 0.280 e.